The number of halogens is 1. The number of nitrogens with one attached hydrogen (secondary N) is 1. The number of hydrogen-bond donors (Lipinski definition) is 1. The summed E-state index contributed by atoms with van der Waals surface area (Å²) in [6.45, 7) is 7.33. The molecule has 0 fully saturated rings. The zero-order valence-corrected chi connectivity index (χ0v) is 13.6. The SMILES string of the molecule is CCNC(CC)C(C)c1nc(-c2cccc(Br)c2)no1. The monoisotopic (exact) mass is 337 g/mol. The lowest BCUT2D eigenvalue weighted by atomic mass is 9.99. The van der Waals surface area contributed by atoms with Gasteiger partial charge in [-0.15, -0.1) is 0 Å². The van der Waals surface area contributed by atoms with Crippen LogP contribution in [0.1, 0.15) is 39.0 Å². The fourth-order valence-corrected chi connectivity index (χ4v) is 2.67. The molecule has 1 aromatic carbocycles. The third-order valence-electron chi connectivity index (χ3n) is 3.42. The highest BCUT2D eigenvalue weighted by atomic mass is 79.9. The molecule has 2 rings (SSSR count). The second-order valence-corrected chi connectivity index (χ2v) is 5.74. The number of likely N-dealkylation sites (N-methyl/N-ethyl adjacent to an activating group) is 1. The van der Waals surface area contributed by atoms with Crippen LogP contribution in [0.2, 0.25) is 0 Å². The summed E-state index contributed by atoms with van der Waals surface area (Å²) in [4.78, 5) is 4.53. The molecule has 2 unspecified atom stereocenters. The highest BCUT2D eigenvalue weighted by molar-refractivity contribution is 9.10. The maximum Gasteiger partial charge on any atom is 0.231 e. The van der Waals surface area contributed by atoms with Crippen LogP contribution >= 0.6 is 15.9 Å². The summed E-state index contributed by atoms with van der Waals surface area (Å²) in [6.07, 6.45) is 1.03. The molecule has 2 aromatic rings. The van der Waals surface area contributed by atoms with E-state index in [4.69, 9.17) is 4.52 Å². The molecule has 0 aliphatic heterocycles. The van der Waals surface area contributed by atoms with Gasteiger partial charge in [0.05, 0.1) is 5.92 Å². The average Bonchev–Trinajstić information content (AvgIpc) is 2.94. The van der Waals surface area contributed by atoms with Gasteiger partial charge in [-0.1, -0.05) is 54.0 Å². The van der Waals surface area contributed by atoms with E-state index in [1.807, 2.05) is 24.3 Å². The fraction of sp³-hybridized carbons (Fsp3) is 0.467. The van der Waals surface area contributed by atoms with Crippen LogP contribution in [0.4, 0.5) is 0 Å². The Kier molecular flexibility index (Phi) is 5.31. The second kappa shape index (κ2) is 6.99. The van der Waals surface area contributed by atoms with Crippen LogP contribution < -0.4 is 5.32 Å². The first-order chi connectivity index (χ1) is 9.65. The Labute approximate surface area is 128 Å². The third kappa shape index (κ3) is 3.46. The van der Waals surface area contributed by atoms with E-state index in [0.29, 0.717) is 17.8 Å². The first kappa shape index (κ1) is 15.2. The minimum atomic E-state index is 0.202. The summed E-state index contributed by atoms with van der Waals surface area (Å²) >= 11 is 3.45. The van der Waals surface area contributed by atoms with Crippen LogP contribution in [-0.2, 0) is 0 Å². The molecular weight excluding hydrogens is 318 g/mol. The largest absolute Gasteiger partial charge is 0.339 e. The molecule has 108 valence electrons. The molecule has 0 spiro atoms. The molecule has 20 heavy (non-hydrogen) atoms. The standard InChI is InChI=1S/C15H20BrN3O/c1-4-13(17-5-2)10(3)15-18-14(19-20-15)11-7-6-8-12(16)9-11/h6-10,13,17H,4-5H2,1-3H3. The van der Waals surface area contributed by atoms with Crippen molar-refractivity contribution in [2.45, 2.75) is 39.2 Å². The summed E-state index contributed by atoms with van der Waals surface area (Å²) in [5.41, 5.74) is 0.957. The van der Waals surface area contributed by atoms with Crippen molar-refractivity contribution in [2.75, 3.05) is 6.54 Å². The van der Waals surface area contributed by atoms with Crippen molar-refractivity contribution in [1.29, 1.82) is 0 Å². The topological polar surface area (TPSA) is 51.0 Å². The molecule has 0 saturated heterocycles. The summed E-state index contributed by atoms with van der Waals surface area (Å²) in [5.74, 6) is 1.53. The lowest BCUT2D eigenvalue weighted by Crippen LogP contribution is -2.33. The molecule has 0 aliphatic rings. The van der Waals surface area contributed by atoms with Crippen molar-refractivity contribution in [2.24, 2.45) is 0 Å². The Morgan fingerprint density at radius 2 is 2.15 bits per heavy atom. The molecule has 0 bridgehead atoms. The van der Waals surface area contributed by atoms with Gasteiger partial charge in [-0.25, -0.2) is 0 Å². The summed E-state index contributed by atoms with van der Waals surface area (Å²) < 4.78 is 6.44. The van der Waals surface area contributed by atoms with Crippen molar-refractivity contribution >= 4 is 15.9 Å². The molecule has 4 nitrogen and oxygen atoms in total. The van der Waals surface area contributed by atoms with E-state index in [-0.39, 0.29) is 5.92 Å². The first-order valence-corrected chi connectivity index (χ1v) is 7.77. The van der Waals surface area contributed by atoms with E-state index in [2.05, 4.69) is 52.2 Å². The number of benzene rings is 1. The lowest BCUT2D eigenvalue weighted by molar-refractivity contribution is 0.321. The molecule has 1 aromatic heterocycles. The Morgan fingerprint density at radius 3 is 2.80 bits per heavy atom. The first-order valence-electron chi connectivity index (χ1n) is 6.98. The molecule has 0 amide bonds. The normalized spacial score (nSPS) is 14.2. The van der Waals surface area contributed by atoms with Gasteiger partial charge in [0.1, 0.15) is 0 Å². The van der Waals surface area contributed by atoms with E-state index >= 15 is 0 Å². The van der Waals surface area contributed by atoms with Gasteiger partial charge in [0.25, 0.3) is 0 Å². The minimum absolute atomic E-state index is 0.202. The second-order valence-electron chi connectivity index (χ2n) is 4.83. The van der Waals surface area contributed by atoms with E-state index in [1.165, 1.54) is 0 Å². The Bertz CT molecular complexity index is 556. The quantitative estimate of drug-likeness (QED) is 0.865. The molecule has 1 N–H and O–H groups in total. The van der Waals surface area contributed by atoms with Gasteiger partial charge in [0.2, 0.25) is 11.7 Å². The van der Waals surface area contributed by atoms with E-state index in [1.54, 1.807) is 0 Å². The van der Waals surface area contributed by atoms with Crippen molar-refractivity contribution < 1.29 is 4.52 Å². The summed E-state index contributed by atoms with van der Waals surface area (Å²) in [6, 6.07) is 8.26. The van der Waals surface area contributed by atoms with E-state index in [9.17, 15) is 0 Å². The van der Waals surface area contributed by atoms with Crippen LogP contribution in [0.15, 0.2) is 33.3 Å². The van der Waals surface area contributed by atoms with Crippen LogP contribution in [0.25, 0.3) is 11.4 Å². The Balaban J connectivity index is 2.20. The highest BCUT2D eigenvalue weighted by Gasteiger charge is 2.22. The predicted molar refractivity (Wildman–Crippen MR) is 83.6 cm³/mol. The molecule has 0 saturated carbocycles. The van der Waals surface area contributed by atoms with Gasteiger partial charge in [-0.3, -0.25) is 0 Å². The molecular formula is C15H20BrN3O. The molecule has 5 heteroatoms. The highest BCUT2D eigenvalue weighted by Crippen LogP contribution is 2.24. The van der Waals surface area contributed by atoms with Gasteiger partial charge in [-0.2, -0.15) is 4.98 Å². The van der Waals surface area contributed by atoms with Crippen LogP contribution in [0.3, 0.4) is 0 Å². The zero-order chi connectivity index (χ0) is 14.5. The zero-order valence-electron chi connectivity index (χ0n) is 12.1. The Morgan fingerprint density at radius 1 is 1.35 bits per heavy atom. The fourth-order valence-electron chi connectivity index (χ4n) is 2.27. The number of hydrogen-bond acceptors (Lipinski definition) is 4. The average molecular weight is 338 g/mol. The summed E-state index contributed by atoms with van der Waals surface area (Å²) in [7, 11) is 0. The van der Waals surface area contributed by atoms with Crippen molar-refractivity contribution in [1.82, 2.24) is 15.5 Å². The van der Waals surface area contributed by atoms with Gasteiger partial charge in [0.15, 0.2) is 0 Å². The smallest absolute Gasteiger partial charge is 0.231 e. The van der Waals surface area contributed by atoms with Gasteiger partial charge < -0.3 is 9.84 Å². The Hall–Kier alpha value is -1.20. The molecule has 0 aliphatic carbocycles. The van der Waals surface area contributed by atoms with Crippen LogP contribution in [0.5, 0.6) is 0 Å². The third-order valence-corrected chi connectivity index (χ3v) is 3.92. The summed E-state index contributed by atoms with van der Waals surface area (Å²) in [5, 5.41) is 7.54. The minimum Gasteiger partial charge on any atom is -0.339 e. The van der Waals surface area contributed by atoms with Crippen LogP contribution in [-0.4, -0.2) is 22.7 Å². The van der Waals surface area contributed by atoms with E-state index in [0.717, 1.165) is 23.0 Å². The van der Waals surface area contributed by atoms with Gasteiger partial charge >= 0.3 is 0 Å². The maximum absolute atomic E-state index is 5.43. The van der Waals surface area contributed by atoms with Crippen LogP contribution in [0, 0.1) is 0 Å². The van der Waals surface area contributed by atoms with Gasteiger partial charge in [-0.05, 0) is 25.1 Å². The maximum atomic E-state index is 5.43. The van der Waals surface area contributed by atoms with Crippen molar-refractivity contribution in [3.63, 3.8) is 0 Å². The van der Waals surface area contributed by atoms with Crippen molar-refractivity contribution in [3.8, 4) is 11.4 Å². The molecule has 0 radical (unpaired) electrons. The molecule has 1 heterocycles. The number of aromatic nitrogens is 2. The number of nitrogens with zero attached hydrogens (tertiary/aromatic N) is 2. The molecule has 2 atom stereocenters. The predicted octanol–water partition coefficient (Wildman–Crippen LogP) is 3.99. The number of rotatable bonds is 6. The van der Waals surface area contributed by atoms with Gasteiger partial charge in [0, 0.05) is 16.1 Å². The van der Waals surface area contributed by atoms with Crippen molar-refractivity contribution in [3.05, 3.63) is 34.6 Å². The lowest BCUT2D eigenvalue weighted by Gasteiger charge is -2.20. The van der Waals surface area contributed by atoms with E-state index < -0.39 is 0 Å².